The Morgan fingerprint density at radius 3 is 2.10 bits per heavy atom. The number of anilines is 3. The van der Waals surface area contributed by atoms with Crippen LogP contribution in [0.4, 0.5) is 17.3 Å². The lowest BCUT2D eigenvalue weighted by molar-refractivity contribution is 1.25. The molecule has 0 amide bonds. The maximum atomic E-state index is 6.20. The van der Waals surface area contributed by atoms with Crippen molar-refractivity contribution >= 4 is 56.5 Å². The summed E-state index contributed by atoms with van der Waals surface area (Å²) >= 11 is 15.7. The Bertz CT molecular complexity index is 636. The van der Waals surface area contributed by atoms with Crippen molar-refractivity contribution < 1.29 is 0 Å². The molecule has 0 spiro atoms. The van der Waals surface area contributed by atoms with Crippen LogP contribution in [0.2, 0.25) is 10.0 Å². The molecular formula is C14H14BrCl2N3. The summed E-state index contributed by atoms with van der Waals surface area (Å²) in [7, 11) is 1.77. The fraction of sp³-hybridized carbons (Fsp3) is 0.214. The van der Waals surface area contributed by atoms with Gasteiger partial charge in [-0.2, -0.15) is 0 Å². The molecule has 1 aromatic carbocycles. The highest BCUT2D eigenvalue weighted by Crippen LogP contribution is 2.33. The monoisotopic (exact) mass is 373 g/mol. The number of benzene rings is 1. The lowest BCUT2D eigenvalue weighted by Crippen LogP contribution is -2.02. The van der Waals surface area contributed by atoms with E-state index in [4.69, 9.17) is 23.2 Å². The van der Waals surface area contributed by atoms with Gasteiger partial charge in [-0.25, -0.2) is 4.98 Å². The molecule has 2 rings (SSSR count). The van der Waals surface area contributed by atoms with Crippen LogP contribution < -0.4 is 10.6 Å². The minimum atomic E-state index is 0.482. The lowest BCUT2D eigenvalue weighted by atomic mass is 10.1. The molecule has 20 heavy (non-hydrogen) atoms. The first-order valence-corrected chi connectivity index (χ1v) is 7.55. The van der Waals surface area contributed by atoms with Crippen molar-refractivity contribution in [2.45, 2.75) is 13.8 Å². The largest absolute Gasteiger partial charge is 0.372 e. The van der Waals surface area contributed by atoms with Gasteiger partial charge in [-0.3, -0.25) is 0 Å². The summed E-state index contributed by atoms with van der Waals surface area (Å²) in [4.78, 5) is 4.39. The van der Waals surface area contributed by atoms with Crippen LogP contribution in [0.25, 0.3) is 0 Å². The molecular weight excluding hydrogens is 361 g/mol. The standard InChI is InChI=1S/C14H14BrCl2N3/c1-7-4-9(15)5-8(2)12(7)19-14-11(17)6-10(16)13(18-3)20-14/h4-6H,1-3H3,(H2,18,19,20). The molecule has 1 aromatic heterocycles. The first kappa shape index (κ1) is 15.4. The average molecular weight is 375 g/mol. The molecule has 0 aliphatic rings. The molecule has 2 N–H and O–H groups in total. The van der Waals surface area contributed by atoms with Crippen molar-refractivity contribution in [3.63, 3.8) is 0 Å². The minimum Gasteiger partial charge on any atom is -0.372 e. The smallest absolute Gasteiger partial charge is 0.151 e. The van der Waals surface area contributed by atoms with E-state index in [1.807, 2.05) is 26.0 Å². The van der Waals surface area contributed by atoms with Crippen LogP contribution in [0.1, 0.15) is 11.1 Å². The Balaban J connectivity index is 2.45. The van der Waals surface area contributed by atoms with E-state index in [0.717, 1.165) is 21.3 Å². The zero-order chi connectivity index (χ0) is 14.9. The van der Waals surface area contributed by atoms with Gasteiger partial charge in [-0.15, -0.1) is 0 Å². The lowest BCUT2D eigenvalue weighted by Gasteiger charge is -2.15. The second-order valence-corrected chi connectivity index (χ2v) is 6.17. The molecule has 0 saturated carbocycles. The molecule has 0 aliphatic heterocycles. The van der Waals surface area contributed by atoms with E-state index in [2.05, 4.69) is 31.5 Å². The molecule has 0 fully saturated rings. The Morgan fingerprint density at radius 1 is 1.00 bits per heavy atom. The number of pyridine rings is 1. The Labute approximate surface area is 136 Å². The Hall–Kier alpha value is -0.970. The molecule has 0 atom stereocenters. The minimum absolute atomic E-state index is 0.482. The fourth-order valence-electron chi connectivity index (χ4n) is 1.96. The zero-order valence-electron chi connectivity index (χ0n) is 11.3. The van der Waals surface area contributed by atoms with Gasteiger partial charge in [0.1, 0.15) is 5.82 Å². The third-order valence-corrected chi connectivity index (χ3v) is 3.94. The molecule has 106 valence electrons. The van der Waals surface area contributed by atoms with Crippen LogP contribution in [0, 0.1) is 13.8 Å². The number of nitrogens with zero attached hydrogens (tertiary/aromatic N) is 1. The maximum Gasteiger partial charge on any atom is 0.151 e. The van der Waals surface area contributed by atoms with Gasteiger partial charge in [0.15, 0.2) is 5.82 Å². The van der Waals surface area contributed by atoms with Gasteiger partial charge in [0.05, 0.1) is 10.0 Å². The summed E-state index contributed by atoms with van der Waals surface area (Å²) in [5, 5.41) is 7.19. The third kappa shape index (κ3) is 3.19. The number of halogens is 3. The third-order valence-electron chi connectivity index (χ3n) is 2.91. The van der Waals surface area contributed by atoms with Gasteiger partial charge in [0, 0.05) is 17.2 Å². The number of hydrogen-bond acceptors (Lipinski definition) is 3. The number of hydrogen-bond donors (Lipinski definition) is 2. The van der Waals surface area contributed by atoms with E-state index in [9.17, 15) is 0 Å². The molecule has 0 saturated heterocycles. The van der Waals surface area contributed by atoms with Crippen molar-refractivity contribution in [2.75, 3.05) is 17.7 Å². The molecule has 0 aliphatic carbocycles. The number of rotatable bonds is 3. The van der Waals surface area contributed by atoms with E-state index in [1.165, 1.54) is 0 Å². The van der Waals surface area contributed by atoms with Crippen molar-refractivity contribution in [3.05, 3.63) is 43.8 Å². The van der Waals surface area contributed by atoms with Crippen LogP contribution in [0.3, 0.4) is 0 Å². The van der Waals surface area contributed by atoms with Gasteiger partial charge in [-0.1, -0.05) is 39.1 Å². The molecule has 1 heterocycles. The average Bonchev–Trinajstić information content (AvgIpc) is 2.35. The summed E-state index contributed by atoms with van der Waals surface area (Å²) in [5.41, 5.74) is 3.21. The van der Waals surface area contributed by atoms with E-state index in [0.29, 0.717) is 21.7 Å². The van der Waals surface area contributed by atoms with Crippen molar-refractivity contribution in [2.24, 2.45) is 0 Å². The second-order valence-electron chi connectivity index (χ2n) is 4.44. The number of aryl methyl sites for hydroxylation is 2. The highest BCUT2D eigenvalue weighted by Gasteiger charge is 2.11. The van der Waals surface area contributed by atoms with E-state index in [1.54, 1.807) is 13.1 Å². The predicted octanol–water partition coefficient (Wildman–Crippen LogP) is 5.55. The SMILES string of the molecule is CNc1nc(Nc2c(C)cc(Br)cc2C)c(Cl)cc1Cl. The summed E-state index contributed by atoms with van der Waals surface area (Å²) in [6.07, 6.45) is 0. The van der Waals surface area contributed by atoms with Crippen LogP contribution in [0.5, 0.6) is 0 Å². The normalized spacial score (nSPS) is 10.5. The van der Waals surface area contributed by atoms with Crippen molar-refractivity contribution in [1.82, 2.24) is 4.98 Å². The second kappa shape index (κ2) is 6.20. The maximum absolute atomic E-state index is 6.20. The molecule has 0 bridgehead atoms. The van der Waals surface area contributed by atoms with Gasteiger partial charge in [0.2, 0.25) is 0 Å². The molecule has 0 unspecified atom stereocenters. The Kier molecular flexibility index (Phi) is 4.78. The van der Waals surface area contributed by atoms with Crippen molar-refractivity contribution in [1.29, 1.82) is 0 Å². The highest BCUT2D eigenvalue weighted by atomic mass is 79.9. The van der Waals surface area contributed by atoms with E-state index in [-0.39, 0.29) is 0 Å². The molecule has 3 nitrogen and oxygen atoms in total. The summed E-state index contributed by atoms with van der Waals surface area (Å²) in [6.45, 7) is 4.06. The van der Waals surface area contributed by atoms with E-state index < -0.39 is 0 Å². The van der Waals surface area contributed by atoms with Gasteiger partial charge >= 0.3 is 0 Å². The summed E-state index contributed by atoms with van der Waals surface area (Å²) in [6, 6.07) is 5.75. The topological polar surface area (TPSA) is 37.0 Å². The van der Waals surface area contributed by atoms with Crippen LogP contribution in [-0.4, -0.2) is 12.0 Å². The van der Waals surface area contributed by atoms with Gasteiger partial charge in [-0.05, 0) is 43.2 Å². The number of nitrogens with one attached hydrogen (secondary N) is 2. The van der Waals surface area contributed by atoms with Crippen LogP contribution >= 0.6 is 39.1 Å². The summed E-state index contributed by atoms with van der Waals surface area (Å²) < 4.78 is 1.05. The molecule has 2 aromatic rings. The zero-order valence-corrected chi connectivity index (χ0v) is 14.4. The van der Waals surface area contributed by atoms with Crippen LogP contribution in [-0.2, 0) is 0 Å². The highest BCUT2D eigenvalue weighted by molar-refractivity contribution is 9.10. The first-order valence-electron chi connectivity index (χ1n) is 6.00. The van der Waals surface area contributed by atoms with Crippen LogP contribution in [0.15, 0.2) is 22.7 Å². The van der Waals surface area contributed by atoms with Gasteiger partial charge in [0.25, 0.3) is 0 Å². The quantitative estimate of drug-likeness (QED) is 0.739. The van der Waals surface area contributed by atoms with E-state index >= 15 is 0 Å². The Morgan fingerprint density at radius 2 is 1.55 bits per heavy atom. The number of aromatic nitrogens is 1. The predicted molar refractivity (Wildman–Crippen MR) is 90.7 cm³/mol. The fourth-order valence-corrected chi connectivity index (χ4v) is 3.14. The summed E-state index contributed by atoms with van der Waals surface area (Å²) in [5.74, 6) is 1.17. The molecule has 0 radical (unpaired) electrons. The first-order chi connectivity index (χ1) is 9.42. The van der Waals surface area contributed by atoms with Crippen molar-refractivity contribution in [3.8, 4) is 0 Å². The molecule has 6 heteroatoms. The van der Waals surface area contributed by atoms with Gasteiger partial charge < -0.3 is 10.6 Å².